The molecule has 1 aromatic heterocycles. The van der Waals surface area contributed by atoms with Crippen LogP contribution in [0.2, 0.25) is 10.0 Å². The maximum absolute atomic E-state index is 12.0. The highest BCUT2D eigenvalue weighted by atomic mass is 35.5. The van der Waals surface area contributed by atoms with Crippen molar-refractivity contribution in [2.24, 2.45) is 11.7 Å². The van der Waals surface area contributed by atoms with Gasteiger partial charge < -0.3 is 11.1 Å². The zero-order valence-electron chi connectivity index (χ0n) is 19.5. The van der Waals surface area contributed by atoms with Gasteiger partial charge in [-0.05, 0) is 41.8 Å². The zero-order chi connectivity index (χ0) is 24.2. The van der Waals surface area contributed by atoms with Crippen LogP contribution in [0.25, 0.3) is 10.9 Å². The van der Waals surface area contributed by atoms with Gasteiger partial charge in [0.15, 0.2) is 0 Å². The average Bonchev–Trinajstić information content (AvgIpc) is 2.77. The Bertz CT molecular complexity index is 1140. The number of halogens is 2. The number of amides is 1. The van der Waals surface area contributed by atoms with Crippen molar-refractivity contribution < 1.29 is 4.79 Å². The minimum atomic E-state index is -0.505. The van der Waals surface area contributed by atoms with E-state index in [9.17, 15) is 4.79 Å². The van der Waals surface area contributed by atoms with Crippen LogP contribution in [0.15, 0.2) is 42.5 Å². The molecule has 3 aromatic rings. The molecule has 0 spiro atoms. The SMILES string of the molecule is CC(C)[C@H](Nc1nc(CN2CCN(Cc3cc(Cl)cc(Cl)c3)CC2)nc2ccccc12)C(N)=O. The molecule has 2 heterocycles. The molecule has 1 aliphatic rings. The number of primary amides is 1. The summed E-state index contributed by atoms with van der Waals surface area (Å²) in [5, 5.41) is 5.47. The fraction of sp³-hybridized carbons (Fsp3) is 0.400. The summed E-state index contributed by atoms with van der Waals surface area (Å²) in [5.41, 5.74) is 7.59. The molecule has 1 aliphatic heterocycles. The molecule has 1 amide bonds. The van der Waals surface area contributed by atoms with Crippen LogP contribution in [0, 0.1) is 5.92 Å². The molecule has 0 radical (unpaired) electrons. The third-order valence-electron chi connectivity index (χ3n) is 6.07. The van der Waals surface area contributed by atoms with E-state index in [1.165, 1.54) is 0 Å². The minimum absolute atomic E-state index is 0.0390. The molecule has 3 N–H and O–H groups in total. The van der Waals surface area contributed by atoms with E-state index in [1.807, 2.05) is 50.2 Å². The second-order valence-corrected chi connectivity index (χ2v) is 9.98. The average molecular weight is 501 g/mol. The van der Waals surface area contributed by atoms with Crippen molar-refractivity contribution in [3.63, 3.8) is 0 Å². The van der Waals surface area contributed by atoms with Crippen LogP contribution in [0.5, 0.6) is 0 Å². The predicted octanol–water partition coefficient (Wildman–Crippen LogP) is 4.18. The first-order valence-corrected chi connectivity index (χ1v) is 12.3. The van der Waals surface area contributed by atoms with Gasteiger partial charge in [0.2, 0.25) is 5.91 Å². The van der Waals surface area contributed by atoms with Crippen molar-refractivity contribution in [3.05, 3.63) is 63.9 Å². The van der Waals surface area contributed by atoms with Crippen molar-refractivity contribution in [3.8, 4) is 0 Å². The van der Waals surface area contributed by atoms with Crippen molar-refractivity contribution in [1.29, 1.82) is 0 Å². The molecular formula is C25H30Cl2N6O. The highest BCUT2D eigenvalue weighted by molar-refractivity contribution is 6.34. The lowest BCUT2D eigenvalue weighted by molar-refractivity contribution is -0.119. The zero-order valence-corrected chi connectivity index (χ0v) is 21.0. The van der Waals surface area contributed by atoms with Crippen LogP contribution in [0.1, 0.15) is 25.2 Å². The van der Waals surface area contributed by atoms with Crippen molar-refractivity contribution in [1.82, 2.24) is 19.8 Å². The summed E-state index contributed by atoms with van der Waals surface area (Å²) in [6.07, 6.45) is 0. The molecule has 0 aliphatic carbocycles. The number of piperazine rings is 1. The topological polar surface area (TPSA) is 87.4 Å². The molecule has 0 bridgehead atoms. The number of rotatable bonds is 8. The molecule has 7 nitrogen and oxygen atoms in total. The number of benzene rings is 2. The van der Waals surface area contributed by atoms with E-state index in [2.05, 4.69) is 15.1 Å². The van der Waals surface area contributed by atoms with Crippen molar-refractivity contribution in [2.75, 3.05) is 31.5 Å². The number of anilines is 1. The van der Waals surface area contributed by atoms with Gasteiger partial charge in [0, 0.05) is 48.2 Å². The standard InChI is InChI=1S/C25H30Cl2N6O/c1-16(2)23(24(28)34)31-25-20-5-3-4-6-21(20)29-22(30-25)15-33-9-7-32(8-10-33)14-17-11-18(26)13-19(27)12-17/h3-6,11-13,16,23H,7-10,14-15H2,1-2H3,(H2,28,34)(H,29,30,31)/t23-/m0/s1. The second kappa shape index (κ2) is 10.9. The Hall–Kier alpha value is -2.45. The first kappa shape index (κ1) is 24.7. The van der Waals surface area contributed by atoms with E-state index in [0.717, 1.165) is 55.0 Å². The van der Waals surface area contributed by atoms with Crippen LogP contribution < -0.4 is 11.1 Å². The molecule has 0 saturated carbocycles. The molecule has 1 atom stereocenters. The van der Waals surface area contributed by atoms with E-state index in [-0.39, 0.29) is 5.92 Å². The number of aromatic nitrogens is 2. The van der Waals surface area contributed by atoms with Crippen LogP contribution in [-0.2, 0) is 17.9 Å². The van der Waals surface area contributed by atoms with Gasteiger partial charge in [0.1, 0.15) is 17.7 Å². The molecule has 180 valence electrons. The second-order valence-electron chi connectivity index (χ2n) is 9.10. The molecule has 2 aromatic carbocycles. The fourth-order valence-electron chi connectivity index (χ4n) is 4.29. The van der Waals surface area contributed by atoms with Crippen LogP contribution in [0.3, 0.4) is 0 Å². The first-order chi connectivity index (χ1) is 16.3. The maximum Gasteiger partial charge on any atom is 0.240 e. The lowest BCUT2D eigenvalue weighted by atomic mass is 10.0. The Morgan fingerprint density at radius 1 is 1.00 bits per heavy atom. The van der Waals surface area contributed by atoms with Gasteiger partial charge in [0.25, 0.3) is 0 Å². The first-order valence-electron chi connectivity index (χ1n) is 11.5. The van der Waals surface area contributed by atoms with Crippen LogP contribution in [-0.4, -0.2) is 57.9 Å². The normalized spacial score (nSPS) is 16.1. The third kappa shape index (κ3) is 6.16. The highest BCUT2D eigenvalue weighted by Crippen LogP contribution is 2.24. The summed E-state index contributed by atoms with van der Waals surface area (Å²) < 4.78 is 0. The molecule has 9 heteroatoms. The number of nitrogens with one attached hydrogen (secondary N) is 1. The lowest BCUT2D eigenvalue weighted by Crippen LogP contribution is -2.45. The number of carbonyl (C=O) groups is 1. The summed E-state index contributed by atoms with van der Waals surface area (Å²) in [4.78, 5) is 26.3. The molecule has 1 fully saturated rings. The Kier molecular flexibility index (Phi) is 7.88. The van der Waals surface area contributed by atoms with Crippen LogP contribution >= 0.6 is 23.2 Å². The minimum Gasteiger partial charge on any atom is -0.368 e. The summed E-state index contributed by atoms with van der Waals surface area (Å²) in [7, 11) is 0. The van der Waals surface area contributed by atoms with E-state index < -0.39 is 11.9 Å². The predicted molar refractivity (Wildman–Crippen MR) is 138 cm³/mol. The quantitative estimate of drug-likeness (QED) is 0.482. The van der Waals surface area contributed by atoms with E-state index >= 15 is 0 Å². The highest BCUT2D eigenvalue weighted by Gasteiger charge is 2.23. The number of para-hydroxylation sites is 1. The van der Waals surface area contributed by atoms with Gasteiger partial charge in [0.05, 0.1) is 12.1 Å². The number of fused-ring (bicyclic) bond motifs is 1. The van der Waals surface area contributed by atoms with E-state index in [4.69, 9.17) is 38.9 Å². The third-order valence-corrected chi connectivity index (χ3v) is 6.51. The summed E-state index contributed by atoms with van der Waals surface area (Å²) in [6.45, 7) is 9.05. The largest absolute Gasteiger partial charge is 0.368 e. The lowest BCUT2D eigenvalue weighted by Gasteiger charge is -2.34. The van der Waals surface area contributed by atoms with Crippen molar-refractivity contribution >= 4 is 45.8 Å². The number of carbonyl (C=O) groups excluding carboxylic acids is 1. The fourth-order valence-corrected chi connectivity index (χ4v) is 4.86. The number of hydrogen-bond donors (Lipinski definition) is 2. The molecule has 4 rings (SSSR count). The van der Waals surface area contributed by atoms with Gasteiger partial charge in [-0.1, -0.05) is 49.2 Å². The Balaban J connectivity index is 1.45. The summed E-state index contributed by atoms with van der Waals surface area (Å²) in [5.74, 6) is 1.02. The number of nitrogens with two attached hydrogens (primary N) is 1. The smallest absolute Gasteiger partial charge is 0.240 e. The van der Waals surface area contributed by atoms with Crippen molar-refractivity contribution in [2.45, 2.75) is 33.0 Å². The number of hydrogen-bond acceptors (Lipinski definition) is 6. The van der Waals surface area contributed by atoms with Gasteiger partial charge >= 0.3 is 0 Å². The molecule has 34 heavy (non-hydrogen) atoms. The molecule has 1 saturated heterocycles. The summed E-state index contributed by atoms with van der Waals surface area (Å²) >= 11 is 12.3. The van der Waals surface area contributed by atoms with E-state index in [0.29, 0.717) is 22.4 Å². The van der Waals surface area contributed by atoms with Crippen LogP contribution in [0.4, 0.5) is 5.82 Å². The van der Waals surface area contributed by atoms with Gasteiger partial charge in [-0.25, -0.2) is 9.97 Å². The Labute approximate surface area is 210 Å². The van der Waals surface area contributed by atoms with Gasteiger partial charge in [-0.2, -0.15) is 0 Å². The number of nitrogens with zero attached hydrogens (tertiary/aromatic N) is 4. The molecule has 0 unspecified atom stereocenters. The monoisotopic (exact) mass is 500 g/mol. The Morgan fingerprint density at radius 3 is 2.24 bits per heavy atom. The molecular weight excluding hydrogens is 471 g/mol. The summed E-state index contributed by atoms with van der Waals surface area (Å²) in [6, 6.07) is 13.0. The van der Waals surface area contributed by atoms with Gasteiger partial charge in [-0.15, -0.1) is 0 Å². The van der Waals surface area contributed by atoms with Gasteiger partial charge in [-0.3, -0.25) is 14.6 Å². The Morgan fingerprint density at radius 2 is 1.62 bits per heavy atom. The maximum atomic E-state index is 12.0. The van der Waals surface area contributed by atoms with E-state index in [1.54, 1.807) is 6.07 Å².